The number of pyridine rings is 1. The highest BCUT2D eigenvalue weighted by atomic mass is 16.6. The molecule has 172 valence electrons. The van der Waals surface area contributed by atoms with Gasteiger partial charge in [0.2, 0.25) is 5.88 Å². The van der Waals surface area contributed by atoms with Gasteiger partial charge in [-0.25, -0.2) is 14.6 Å². The number of carbonyl (C=O) groups is 2. The van der Waals surface area contributed by atoms with Crippen LogP contribution in [0, 0.1) is 0 Å². The summed E-state index contributed by atoms with van der Waals surface area (Å²) in [5.41, 5.74) is 0.823. The summed E-state index contributed by atoms with van der Waals surface area (Å²) in [7, 11) is 0. The van der Waals surface area contributed by atoms with Gasteiger partial charge < -0.3 is 19.3 Å². The molecule has 0 spiro atoms. The summed E-state index contributed by atoms with van der Waals surface area (Å²) in [6.45, 7) is 6.35. The van der Waals surface area contributed by atoms with Crippen molar-refractivity contribution in [3.05, 3.63) is 53.7 Å². The summed E-state index contributed by atoms with van der Waals surface area (Å²) < 4.78 is 16.5. The number of hydrogen-bond acceptors (Lipinski definition) is 6. The van der Waals surface area contributed by atoms with Gasteiger partial charge in [0.25, 0.3) is 0 Å². The second kappa shape index (κ2) is 9.99. The van der Waals surface area contributed by atoms with Crippen molar-refractivity contribution in [2.45, 2.75) is 57.7 Å². The number of carboxylic acid groups (broad SMARTS) is 1. The summed E-state index contributed by atoms with van der Waals surface area (Å²) in [5.74, 6) is -0.448. The number of rotatable bonds is 8. The molecule has 1 aromatic carbocycles. The van der Waals surface area contributed by atoms with Crippen molar-refractivity contribution < 1.29 is 28.9 Å². The van der Waals surface area contributed by atoms with E-state index in [-0.39, 0.29) is 0 Å². The predicted octanol–water partition coefficient (Wildman–Crippen LogP) is 4.23. The number of carbonyl (C=O) groups excluding carboxylic acids is 1. The standard InChI is InChI=1S/C24H30N2O6/c1-23(2,3)32-22(29)26-19-8-5-17(6-9-19)11-14-30-20-10-7-18(16-25-20)15-24(21(27)28)12-4-13-31-24/h5-10,16H,4,11-15H2,1-3H3,(H,26,29)(H,27,28). The quantitative estimate of drug-likeness (QED) is 0.630. The molecule has 32 heavy (non-hydrogen) atoms. The van der Waals surface area contributed by atoms with Gasteiger partial charge in [0.15, 0.2) is 5.60 Å². The Balaban J connectivity index is 1.45. The van der Waals surface area contributed by atoms with E-state index in [2.05, 4.69) is 10.3 Å². The first-order valence-electron chi connectivity index (χ1n) is 10.7. The minimum absolute atomic E-state index is 0.291. The molecule has 1 atom stereocenters. The number of anilines is 1. The maximum Gasteiger partial charge on any atom is 0.412 e. The molecule has 8 nitrogen and oxygen atoms in total. The Bertz CT molecular complexity index is 913. The third kappa shape index (κ3) is 6.68. The zero-order valence-electron chi connectivity index (χ0n) is 18.7. The molecule has 2 N–H and O–H groups in total. The third-order valence-electron chi connectivity index (χ3n) is 5.02. The second-order valence-electron chi connectivity index (χ2n) is 8.86. The second-order valence-corrected chi connectivity index (χ2v) is 8.86. The third-order valence-corrected chi connectivity index (χ3v) is 5.02. The van der Waals surface area contributed by atoms with Crippen LogP contribution in [0.4, 0.5) is 10.5 Å². The summed E-state index contributed by atoms with van der Waals surface area (Å²) in [4.78, 5) is 27.7. The number of aliphatic carboxylic acids is 1. The van der Waals surface area contributed by atoms with E-state index in [9.17, 15) is 14.7 Å². The van der Waals surface area contributed by atoms with E-state index < -0.39 is 23.3 Å². The number of nitrogens with zero attached hydrogens (tertiary/aromatic N) is 1. The maximum absolute atomic E-state index is 11.8. The average molecular weight is 443 g/mol. The van der Waals surface area contributed by atoms with Crippen LogP contribution in [0.25, 0.3) is 0 Å². The molecule has 2 heterocycles. The summed E-state index contributed by atoms with van der Waals surface area (Å²) in [6, 6.07) is 11.0. The smallest absolute Gasteiger partial charge is 0.412 e. The number of benzene rings is 1. The SMILES string of the molecule is CC(C)(C)OC(=O)Nc1ccc(CCOc2ccc(CC3(C(=O)O)CCCO3)cn2)cc1. The Labute approximate surface area is 187 Å². The van der Waals surface area contributed by atoms with Gasteiger partial charge in [-0.1, -0.05) is 18.2 Å². The van der Waals surface area contributed by atoms with E-state index in [1.165, 1.54) is 0 Å². The van der Waals surface area contributed by atoms with E-state index in [1.807, 2.05) is 51.1 Å². The number of amides is 1. The fourth-order valence-corrected chi connectivity index (χ4v) is 3.46. The van der Waals surface area contributed by atoms with E-state index in [4.69, 9.17) is 14.2 Å². The molecule has 1 aliphatic heterocycles. The molecule has 0 aliphatic carbocycles. The number of ether oxygens (including phenoxy) is 3. The van der Waals surface area contributed by atoms with Crippen LogP contribution in [-0.2, 0) is 27.1 Å². The fourth-order valence-electron chi connectivity index (χ4n) is 3.46. The van der Waals surface area contributed by atoms with E-state index in [1.54, 1.807) is 12.3 Å². The highest BCUT2D eigenvalue weighted by Gasteiger charge is 2.42. The lowest BCUT2D eigenvalue weighted by molar-refractivity contribution is -0.159. The molecule has 0 radical (unpaired) electrons. The molecule has 0 bridgehead atoms. The van der Waals surface area contributed by atoms with Crippen molar-refractivity contribution in [1.29, 1.82) is 0 Å². The first-order chi connectivity index (χ1) is 15.2. The van der Waals surface area contributed by atoms with Gasteiger partial charge in [0.1, 0.15) is 5.60 Å². The topological polar surface area (TPSA) is 107 Å². The first kappa shape index (κ1) is 23.5. The lowest BCUT2D eigenvalue weighted by atomic mass is 9.92. The highest BCUT2D eigenvalue weighted by molar-refractivity contribution is 5.84. The van der Waals surface area contributed by atoms with Gasteiger partial charge in [-0.05, 0) is 56.9 Å². The lowest BCUT2D eigenvalue weighted by Gasteiger charge is -2.23. The Morgan fingerprint density at radius 3 is 2.44 bits per heavy atom. The van der Waals surface area contributed by atoms with Crippen molar-refractivity contribution >= 4 is 17.7 Å². The van der Waals surface area contributed by atoms with Crippen LogP contribution in [0.15, 0.2) is 42.6 Å². The van der Waals surface area contributed by atoms with Crippen LogP contribution in [0.5, 0.6) is 5.88 Å². The molecule has 1 saturated heterocycles. The molecule has 1 aliphatic rings. The summed E-state index contributed by atoms with van der Waals surface area (Å²) >= 11 is 0. The van der Waals surface area contributed by atoms with Crippen LogP contribution < -0.4 is 10.1 Å². The van der Waals surface area contributed by atoms with Gasteiger partial charge in [0, 0.05) is 37.4 Å². The van der Waals surface area contributed by atoms with Crippen LogP contribution in [0.1, 0.15) is 44.7 Å². The number of carboxylic acids is 1. The zero-order chi connectivity index (χ0) is 23.2. The molecule has 1 amide bonds. The minimum atomic E-state index is -1.14. The minimum Gasteiger partial charge on any atom is -0.479 e. The van der Waals surface area contributed by atoms with Gasteiger partial charge in [0.05, 0.1) is 6.61 Å². The Hall–Kier alpha value is -3.13. The molecule has 1 fully saturated rings. The van der Waals surface area contributed by atoms with Gasteiger partial charge in [-0.3, -0.25) is 5.32 Å². The lowest BCUT2D eigenvalue weighted by Crippen LogP contribution is -2.40. The van der Waals surface area contributed by atoms with Crippen molar-refractivity contribution in [3.8, 4) is 5.88 Å². The molecular weight excluding hydrogens is 412 g/mol. The Morgan fingerprint density at radius 1 is 1.16 bits per heavy atom. The van der Waals surface area contributed by atoms with Gasteiger partial charge in [-0.2, -0.15) is 0 Å². The Kier molecular flexibility index (Phi) is 7.35. The summed E-state index contributed by atoms with van der Waals surface area (Å²) in [5, 5.41) is 12.2. The van der Waals surface area contributed by atoms with E-state index in [0.29, 0.717) is 44.0 Å². The van der Waals surface area contributed by atoms with Crippen molar-refractivity contribution in [1.82, 2.24) is 4.98 Å². The fraction of sp³-hybridized carbons (Fsp3) is 0.458. The number of hydrogen-bond donors (Lipinski definition) is 2. The molecule has 3 rings (SSSR count). The number of nitrogens with one attached hydrogen (secondary N) is 1. The molecule has 1 aromatic heterocycles. The van der Waals surface area contributed by atoms with Crippen LogP contribution in [-0.4, -0.2) is 46.6 Å². The molecule has 2 aromatic rings. The van der Waals surface area contributed by atoms with Crippen LogP contribution in [0.3, 0.4) is 0 Å². The first-order valence-corrected chi connectivity index (χ1v) is 10.7. The summed E-state index contributed by atoms with van der Waals surface area (Å²) in [6.07, 6.45) is 3.37. The van der Waals surface area contributed by atoms with Crippen molar-refractivity contribution in [3.63, 3.8) is 0 Å². The maximum atomic E-state index is 11.8. The van der Waals surface area contributed by atoms with Gasteiger partial charge in [-0.15, -0.1) is 0 Å². The molecule has 0 saturated carbocycles. The largest absolute Gasteiger partial charge is 0.479 e. The normalized spacial score (nSPS) is 18.2. The van der Waals surface area contributed by atoms with E-state index in [0.717, 1.165) is 17.5 Å². The predicted molar refractivity (Wildman–Crippen MR) is 119 cm³/mol. The monoisotopic (exact) mass is 442 g/mol. The number of aromatic nitrogens is 1. The van der Waals surface area contributed by atoms with Crippen LogP contribution >= 0.6 is 0 Å². The average Bonchev–Trinajstić information content (AvgIpc) is 3.19. The van der Waals surface area contributed by atoms with E-state index >= 15 is 0 Å². The zero-order valence-corrected chi connectivity index (χ0v) is 18.7. The van der Waals surface area contributed by atoms with Crippen molar-refractivity contribution in [2.75, 3.05) is 18.5 Å². The van der Waals surface area contributed by atoms with Crippen molar-refractivity contribution in [2.24, 2.45) is 0 Å². The molecule has 1 unspecified atom stereocenters. The van der Waals surface area contributed by atoms with Gasteiger partial charge >= 0.3 is 12.1 Å². The molecular formula is C24H30N2O6. The molecule has 8 heteroatoms. The highest BCUT2D eigenvalue weighted by Crippen LogP contribution is 2.30. The Morgan fingerprint density at radius 2 is 1.88 bits per heavy atom. The van der Waals surface area contributed by atoms with Crippen LogP contribution in [0.2, 0.25) is 0 Å².